The first-order valence-corrected chi connectivity index (χ1v) is 7.23. The first kappa shape index (κ1) is 17.6. The smallest absolute Gasteiger partial charge is 0.234 e. The van der Waals surface area contributed by atoms with E-state index in [4.69, 9.17) is 0 Å². The van der Waals surface area contributed by atoms with E-state index in [0.717, 1.165) is 5.56 Å². The fraction of sp³-hybridized carbons (Fsp3) is 0.562. The summed E-state index contributed by atoms with van der Waals surface area (Å²) in [5, 5.41) is 12.2. The zero-order valence-electron chi connectivity index (χ0n) is 13.2. The topological polar surface area (TPSA) is 52.6 Å². The number of amides is 1. The van der Waals surface area contributed by atoms with Crippen LogP contribution in [-0.2, 0) is 11.3 Å². The number of carbonyl (C=O) groups excluding carboxylic acids is 1. The van der Waals surface area contributed by atoms with Gasteiger partial charge in [0.15, 0.2) is 0 Å². The number of aryl methyl sites for hydroxylation is 1. The lowest BCUT2D eigenvalue weighted by Crippen LogP contribution is -2.43. The standard InChI is InChI=1S/C16H25FN2O2/c1-11(2)19(9-13(4)20)10-16(21)18-8-14-6-5-12(3)15(17)7-14/h5-7,11,13,20H,8-10H2,1-4H3,(H,18,21). The van der Waals surface area contributed by atoms with Crippen molar-refractivity contribution in [2.24, 2.45) is 0 Å². The molecule has 1 atom stereocenters. The van der Waals surface area contributed by atoms with Crippen LogP contribution in [-0.4, -0.2) is 41.1 Å². The number of halogens is 1. The molecule has 4 nitrogen and oxygen atoms in total. The zero-order chi connectivity index (χ0) is 16.0. The molecule has 118 valence electrons. The van der Waals surface area contributed by atoms with Crippen molar-refractivity contribution in [1.82, 2.24) is 10.2 Å². The Kier molecular flexibility index (Phi) is 6.78. The van der Waals surface area contributed by atoms with Gasteiger partial charge in [0.2, 0.25) is 5.91 Å². The van der Waals surface area contributed by atoms with Crippen molar-refractivity contribution < 1.29 is 14.3 Å². The molecule has 0 heterocycles. The van der Waals surface area contributed by atoms with E-state index in [0.29, 0.717) is 18.7 Å². The summed E-state index contributed by atoms with van der Waals surface area (Å²) >= 11 is 0. The van der Waals surface area contributed by atoms with Crippen LogP contribution in [0.15, 0.2) is 18.2 Å². The van der Waals surface area contributed by atoms with Gasteiger partial charge in [-0.1, -0.05) is 12.1 Å². The minimum Gasteiger partial charge on any atom is -0.392 e. The molecule has 0 aliphatic heterocycles. The Balaban J connectivity index is 2.50. The summed E-state index contributed by atoms with van der Waals surface area (Å²) in [6.45, 7) is 8.32. The molecule has 0 radical (unpaired) electrons. The van der Waals surface area contributed by atoms with E-state index in [-0.39, 0.29) is 24.3 Å². The Morgan fingerprint density at radius 3 is 2.57 bits per heavy atom. The fourth-order valence-corrected chi connectivity index (χ4v) is 1.98. The molecule has 1 aromatic carbocycles. The van der Waals surface area contributed by atoms with Gasteiger partial charge in [0.1, 0.15) is 5.82 Å². The molecule has 1 amide bonds. The second kappa shape index (κ2) is 8.10. The summed E-state index contributed by atoms with van der Waals surface area (Å²) < 4.78 is 13.4. The van der Waals surface area contributed by atoms with E-state index in [1.165, 1.54) is 6.07 Å². The Bertz CT molecular complexity index is 475. The van der Waals surface area contributed by atoms with Crippen molar-refractivity contribution in [2.75, 3.05) is 13.1 Å². The number of nitrogens with zero attached hydrogens (tertiary/aromatic N) is 1. The maximum Gasteiger partial charge on any atom is 0.234 e. The van der Waals surface area contributed by atoms with Gasteiger partial charge in [0.25, 0.3) is 0 Å². The molecule has 0 aliphatic carbocycles. The van der Waals surface area contributed by atoms with Gasteiger partial charge in [0, 0.05) is 19.1 Å². The number of rotatable bonds is 7. The van der Waals surface area contributed by atoms with Gasteiger partial charge in [-0.05, 0) is 44.9 Å². The lowest BCUT2D eigenvalue weighted by molar-refractivity contribution is -0.123. The van der Waals surface area contributed by atoms with Crippen LogP contribution in [0.5, 0.6) is 0 Å². The van der Waals surface area contributed by atoms with Crippen molar-refractivity contribution >= 4 is 5.91 Å². The lowest BCUT2D eigenvalue weighted by atomic mass is 10.1. The van der Waals surface area contributed by atoms with Gasteiger partial charge in [-0.15, -0.1) is 0 Å². The van der Waals surface area contributed by atoms with Crippen molar-refractivity contribution in [2.45, 2.75) is 46.4 Å². The van der Waals surface area contributed by atoms with Crippen LogP contribution < -0.4 is 5.32 Å². The number of hydrogen-bond acceptors (Lipinski definition) is 3. The SMILES string of the molecule is Cc1ccc(CNC(=O)CN(CC(C)O)C(C)C)cc1F. The van der Waals surface area contributed by atoms with E-state index < -0.39 is 6.10 Å². The highest BCUT2D eigenvalue weighted by molar-refractivity contribution is 5.78. The second-order valence-electron chi connectivity index (χ2n) is 5.73. The number of nitrogens with one attached hydrogen (secondary N) is 1. The molecule has 5 heteroatoms. The van der Waals surface area contributed by atoms with E-state index in [2.05, 4.69) is 5.32 Å². The monoisotopic (exact) mass is 296 g/mol. The van der Waals surface area contributed by atoms with Crippen LogP contribution in [0.2, 0.25) is 0 Å². The molecule has 2 N–H and O–H groups in total. The Morgan fingerprint density at radius 1 is 1.38 bits per heavy atom. The van der Waals surface area contributed by atoms with Crippen molar-refractivity contribution in [3.63, 3.8) is 0 Å². The van der Waals surface area contributed by atoms with Gasteiger partial charge < -0.3 is 10.4 Å². The van der Waals surface area contributed by atoms with Gasteiger partial charge in [0.05, 0.1) is 12.6 Å². The molecule has 0 aliphatic rings. The summed E-state index contributed by atoms with van der Waals surface area (Å²) in [4.78, 5) is 13.8. The summed E-state index contributed by atoms with van der Waals surface area (Å²) in [7, 11) is 0. The fourth-order valence-electron chi connectivity index (χ4n) is 1.98. The number of aliphatic hydroxyl groups is 1. The van der Waals surface area contributed by atoms with Gasteiger partial charge >= 0.3 is 0 Å². The molecule has 1 unspecified atom stereocenters. The predicted molar refractivity (Wildman–Crippen MR) is 81.4 cm³/mol. The first-order chi connectivity index (χ1) is 9.79. The predicted octanol–water partition coefficient (Wildman–Crippen LogP) is 1.84. The highest BCUT2D eigenvalue weighted by atomic mass is 19.1. The van der Waals surface area contributed by atoms with Crippen LogP contribution in [0.3, 0.4) is 0 Å². The summed E-state index contributed by atoms with van der Waals surface area (Å²) in [6.07, 6.45) is -0.480. The molecule has 0 bridgehead atoms. The van der Waals surface area contributed by atoms with Crippen LogP contribution in [0.25, 0.3) is 0 Å². The van der Waals surface area contributed by atoms with Crippen molar-refractivity contribution in [3.05, 3.63) is 35.1 Å². The van der Waals surface area contributed by atoms with Gasteiger partial charge in [-0.3, -0.25) is 9.69 Å². The van der Waals surface area contributed by atoms with E-state index >= 15 is 0 Å². The number of carbonyl (C=O) groups is 1. The Hall–Kier alpha value is -1.46. The first-order valence-electron chi connectivity index (χ1n) is 7.23. The average Bonchev–Trinajstić information content (AvgIpc) is 2.38. The third-order valence-electron chi connectivity index (χ3n) is 3.30. The number of benzene rings is 1. The van der Waals surface area contributed by atoms with Crippen LogP contribution in [0.1, 0.15) is 31.9 Å². The highest BCUT2D eigenvalue weighted by Gasteiger charge is 2.15. The van der Waals surface area contributed by atoms with Gasteiger partial charge in [-0.25, -0.2) is 4.39 Å². The maximum absolute atomic E-state index is 13.4. The maximum atomic E-state index is 13.4. The van der Waals surface area contributed by atoms with Crippen molar-refractivity contribution in [3.8, 4) is 0 Å². The van der Waals surface area contributed by atoms with Crippen LogP contribution in [0.4, 0.5) is 4.39 Å². The third kappa shape index (κ3) is 6.23. The summed E-state index contributed by atoms with van der Waals surface area (Å²) in [5.41, 5.74) is 1.33. The van der Waals surface area contributed by atoms with Gasteiger partial charge in [-0.2, -0.15) is 0 Å². The molecular weight excluding hydrogens is 271 g/mol. The van der Waals surface area contributed by atoms with Crippen molar-refractivity contribution in [1.29, 1.82) is 0 Å². The lowest BCUT2D eigenvalue weighted by Gasteiger charge is -2.26. The van der Waals surface area contributed by atoms with E-state index in [1.54, 1.807) is 26.0 Å². The Morgan fingerprint density at radius 2 is 2.05 bits per heavy atom. The largest absolute Gasteiger partial charge is 0.392 e. The molecule has 0 aromatic heterocycles. The zero-order valence-corrected chi connectivity index (χ0v) is 13.2. The number of hydrogen-bond donors (Lipinski definition) is 2. The molecule has 0 fully saturated rings. The van der Waals surface area contributed by atoms with E-state index in [9.17, 15) is 14.3 Å². The summed E-state index contributed by atoms with van der Waals surface area (Å²) in [5.74, 6) is -0.398. The van der Waals surface area contributed by atoms with E-state index in [1.807, 2.05) is 18.7 Å². The molecule has 0 saturated heterocycles. The number of aliphatic hydroxyl groups excluding tert-OH is 1. The van der Waals surface area contributed by atoms with Crippen LogP contribution >= 0.6 is 0 Å². The normalized spacial score (nSPS) is 12.8. The molecular formula is C16H25FN2O2. The highest BCUT2D eigenvalue weighted by Crippen LogP contribution is 2.09. The molecule has 0 spiro atoms. The minimum absolute atomic E-state index is 0.134. The molecule has 0 saturated carbocycles. The third-order valence-corrected chi connectivity index (χ3v) is 3.30. The molecule has 1 rings (SSSR count). The minimum atomic E-state index is -0.480. The molecule has 1 aromatic rings. The van der Waals surface area contributed by atoms with Crippen LogP contribution in [0, 0.1) is 12.7 Å². The second-order valence-corrected chi connectivity index (χ2v) is 5.73. The average molecular weight is 296 g/mol. The quantitative estimate of drug-likeness (QED) is 0.807. The molecule has 21 heavy (non-hydrogen) atoms. The Labute approximate surface area is 126 Å². The summed E-state index contributed by atoms with van der Waals surface area (Å²) in [6, 6.07) is 5.10.